The van der Waals surface area contributed by atoms with Gasteiger partial charge in [0.1, 0.15) is 18.0 Å². The Morgan fingerprint density at radius 1 is 1.19 bits per heavy atom. The number of benzene rings is 1. The van der Waals surface area contributed by atoms with Gasteiger partial charge in [-0.1, -0.05) is 30.3 Å². The van der Waals surface area contributed by atoms with E-state index in [-0.39, 0.29) is 24.9 Å². The number of imide groups is 1. The molecule has 2 aromatic rings. The van der Waals surface area contributed by atoms with Crippen LogP contribution in [0.5, 0.6) is 0 Å². The Bertz CT molecular complexity index is 861. The number of hydrogen-bond acceptors (Lipinski definition) is 5. The minimum Gasteiger partial charge on any atom is -0.445 e. The normalized spacial score (nSPS) is 16.4. The molecular weight excluding hydrogens is 348 g/mol. The molecule has 1 fully saturated rings. The van der Waals surface area contributed by atoms with E-state index >= 15 is 0 Å². The lowest BCUT2D eigenvalue weighted by Gasteiger charge is -2.26. The molecule has 0 spiro atoms. The van der Waals surface area contributed by atoms with Gasteiger partial charge in [-0.05, 0) is 12.0 Å². The molecule has 2 aliphatic rings. The Kier molecular flexibility index (Phi) is 4.62. The summed E-state index contributed by atoms with van der Waals surface area (Å²) in [7, 11) is 0. The Labute approximate surface area is 156 Å². The molecule has 8 heteroatoms. The number of nitrogens with one attached hydrogen (secondary N) is 1. The predicted molar refractivity (Wildman–Crippen MR) is 94.6 cm³/mol. The van der Waals surface area contributed by atoms with E-state index in [1.165, 1.54) is 5.56 Å². The summed E-state index contributed by atoms with van der Waals surface area (Å²) >= 11 is 0. The Balaban J connectivity index is 1.37. The number of nitrogens with zero attached hydrogens (tertiary/aromatic N) is 3. The van der Waals surface area contributed by atoms with Crippen LogP contribution in [0.2, 0.25) is 0 Å². The summed E-state index contributed by atoms with van der Waals surface area (Å²) in [6, 6.07) is 9.61. The monoisotopic (exact) mass is 368 g/mol. The molecule has 0 aliphatic carbocycles. The second kappa shape index (κ2) is 7.22. The van der Waals surface area contributed by atoms with E-state index in [2.05, 4.69) is 22.4 Å². The molecule has 0 atom stereocenters. The quantitative estimate of drug-likeness (QED) is 0.791. The van der Waals surface area contributed by atoms with Crippen molar-refractivity contribution < 1.29 is 18.8 Å². The summed E-state index contributed by atoms with van der Waals surface area (Å²) in [6.07, 6.45) is 2.13. The molecule has 1 N–H and O–H groups in total. The van der Waals surface area contributed by atoms with Crippen LogP contribution in [0.1, 0.15) is 22.9 Å². The Hall–Kier alpha value is -3.16. The molecule has 8 nitrogen and oxygen atoms in total. The van der Waals surface area contributed by atoms with E-state index in [1.807, 2.05) is 18.2 Å². The van der Waals surface area contributed by atoms with Gasteiger partial charge in [0.2, 0.25) is 5.91 Å². The van der Waals surface area contributed by atoms with Gasteiger partial charge in [0.25, 0.3) is 5.91 Å². The summed E-state index contributed by atoms with van der Waals surface area (Å²) < 4.78 is 5.85. The van der Waals surface area contributed by atoms with Crippen LogP contribution < -0.4 is 5.32 Å². The van der Waals surface area contributed by atoms with E-state index in [1.54, 1.807) is 4.90 Å². The van der Waals surface area contributed by atoms with Crippen molar-refractivity contribution in [3.63, 3.8) is 0 Å². The molecule has 2 aliphatic heterocycles. The van der Waals surface area contributed by atoms with Gasteiger partial charge in [-0.15, -0.1) is 0 Å². The van der Waals surface area contributed by atoms with Gasteiger partial charge in [-0.3, -0.25) is 14.5 Å². The second-order valence-electron chi connectivity index (χ2n) is 6.67. The number of carbonyl (C=O) groups is 3. The first-order valence-corrected chi connectivity index (χ1v) is 8.97. The number of oxazole rings is 1. The van der Waals surface area contributed by atoms with Gasteiger partial charge < -0.3 is 14.6 Å². The lowest BCUT2D eigenvalue weighted by Crippen LogP contribution is -2.44. The molecule has 0 saturated carbocycles. The number of rotatable bonds is 5. The Morgan fingerprint density at radius 2 is 2.00 bits per heavy atom. The number of urea groups is 1. The first-order valence-electron chi connectivity index (χ1n) is 8.97. The molecule has 3 heterocycles. The number of fused-ring (bicyclic) bond motifs is 1. The maximum atomic E-state index is 12.5. The molecule has 0 unspecified atom stereocenters. The molecule has 1 aromatic heterocycles. The van der Waals surface area contributed by atoms with E-state index in [9.17, 15) is 14.4 Å². The lowest BCUT2D eigenvalue weighted by atomic mass is 10.1. The second-order valence-corrected chi connectivity index (χ2v) is 6.67. The number of hydrogen-bond donors (Lipinski definition) is 1. The molecule has 0 radical (unpaired) electrons. The van der Waals surface area contributed by atoms with Crippen LogP contribution in [-0.4, -0.2) is 52.3 Å². The smallest absolute Gasteiger partial charge is 0.325 e. The SMILES string of the molecule is O=C(CN1C(=O)CNC1=O)N1CCc2oc(CCc3ccccc3)nc2C1. The zero-order valence-corrected chi connectivity index (χ0v) is 14.8. The third-order valence-corrected chi connectivity index (χ3v) is 4.83. The number of carbonyl (C=O) groups excluding carboxylic acids is 3. The van der Waals surface area contributed by atoms with Crippen molar-refractivity contribution in [3.05, 3.63) is 53.2 Å². The highest BCUT2D eigenvalue weighted by atomic mass is 16.4. The van der Waals surface area contributed by atoms with Crippen molar-refractivity contribution in [2.24, 2.45) is 0 Å². The van der Waals surface area contributed by atoms with Gasteiger partial charge in [-0.2, -0.15) is 0 Å². The van der Waals surface area contributed by atoms with Crippen LogP contribution in [0.4, 0.5) is 4.79 Å². The van der Waals surface area contributed by atoms with Crippen molar-refractivity contribution in [1.82, 2.24) is 20.1 Å². The van der Waals surface area contributed by atoms with Gasteiger partial charge in [0.05, 0.1) is 13.1 Å². The highest BCUT2D eigenvalue weighted by Gasteiger charge is 2.33. The third kappa shape index (κ3) is 3.69. The fourth-order valence-corrected chi connectivity index (χ4v) is 3.32. The summed E-state index contributed by atoms with van der Waals surface area (Å²) in [5, 5.41) is 2.41. The van der Waals surface area contributed by atoms with Crippen LogP contribution in [-0.2, 0) is 35.4 Å². The zero-order valence-electron chi connectivity index (χ0n) is 14.8. The summed E-state index contributed by atoms with van der Waals surface area (Å²) in [4.78, 5) is 42.8. The molecule has 1 saturated heterocycles. The highest BCUT2D eigenvalue weighted by molar-refractivity contribution is 6.04. The van der Waals surface area contributed by atoms with Crippen LogP contribution in [0.25, 0.3) is 0 Å². The number of aryl methyl sites for hydroxylation is 2. The van der Waals surface area contributed by atoms with E-state index in [0.717, 1.165) is 22.8 Å². The summed E-state index contributed by atoms with van der Waals surface area (Å²) in [6.45, 7) is 0.540. The highest BCUT2D eigenvalue weighted by Crippen LogP contribution is 2.21. The van der Waals surface area contributed by atoms with Gasteiger partial charge in [0.15, 0.2) is 5.89 Å². The molecule has 1 aromatic carbocycles. The molecule has 4 rings (SSSR count). The fourth-order valence-electron chi connectivity index (χ4n) is 3.32. The van der Waals surface area contributed by atoms with Crippen molar-refractivity contribution in [3.8, 4) is 0 Å². The van der Waals surface area contributed by atoms with E-state index < -0.39 is 6.03 Å². The molecule has 27 heavy (non-hydrogen) atoms. The zero-order chi connectivity index (χ0) is 18.8. The average Bonchev–Trinajstić information content (AvgIpc) is 3.24. The summed E-state index contributed by atoms with van der Waals surface area (Å²) in [5.74, 6) is 0.847. The van der Waals surface area contributed by atoms with Crippen LogP contribution >= 0.6 is 0 Å². The third-order valence-electron chi connectivity index (χ3n) is 4.83. The molecular formula is C19H20N4O4. The first-order chi connectivity index (χ1) is 13.1. The van der Waals surface area contributed by atoms with Crippen molar-refractivity contribution >= 4 is 17.8 Å². The van der Waals surface area contributed by atoms with Gasteiger partial charge >= 0.3 is 6.03 Å². The van der Waals surface area contributed by atoms with E-state index in [4.69, 9.17) is 4.42 Å². The maximum absolute atomic E-state index is 12.5. The minimum absolute atomic E-state index is 0.0513. The molecule has 4 amide bonds. The van der Waals surface area contributed by atoms with Crippen molar-refractivity contribution in [1.29, 1.82) is 0 Å². The van der Waals surface area contributed by atoms with Crippen molar-refractivity contribution in [2.75, 3.05) is 19.6 Å². The van der Waals surface area contributed by atoms with Crippen LogP contribution in [0.3, 0.4) is 0 Å². The van der Waals surface area contributed by atoms with E-state index in [0.29, 0.717) is 31.8 Å². The lowest BCUT2D eigenvalue weighted by molar-refractivity contribution is -0.137. The van der Waals surface area contributed by atoms with Crippen molar-refractivity contribution in [2.45, 2.75) is 25.8 Å². The summed E-state index contributed by atoms with van der Waals surface area (Å²) in [5.41, 5.74) is 1.98. The largest absolute Gasteiger partial charge is 0.445 e. The Morgan fingerprint density at radius 3 is 2.74 bits per heavy atom. The minimum atomic E-state index is -0.518. The van der Waals surface area contributed by atoms with Crippen LogP contribution in [0, 0.1) is 0 Å². The fraction of sp³-hybridized carbons (Fsp3) is 0.368. The molecule has 0 bridgehead atoms. The molecule has 140 valence electrons. The predicted octanol–water partition coefficient (Wildman–Crippen LogP) is 0.896. The topological polar surface area (TPSA) is 95.8 Å². The maximum Gasteiger partial charge on any atom is 0.325 e. The van der Waals surface area contributed by atoms with Crippen LogP contribution in [0.15, 0.2) is 34.7 Å². The van der Waals surface area contributed by atoms with Gasteiger partial charge in [-0.25, -0.2) is 9.78 Å². The standard InChI is InChI=1S/C19H20N4O4/c24-17-10-20-19(26)23(17)12-18(25)22-9-8-15-14(11-22)21-16(27-15)7-6-13-4-2-1-3-5-13/h1-5H,6-12H2,(H,20,26). The number of amides is 4. The van der Waals surface area contributed by atoms with Gasteiger partial charge in [0, 0.05) is 19.4 Å². The first kappa shape index (κ1) is 17.3. The number of aromatic nitrogens is 1. The average molecular weight is 368 g/mol.